The van der Waals surface area contributed by atoms with Gasteiger partial charge < -0.3 is 4.90 Å². The fourth-order valence-corrected chi connectivity index (χ4v) is 2.50. The van der Waals surface area contributed by atoms with Crippen LogP contribution < -0.4 is 4.90 Å². The molecule has 10 heteroatoms. The molecule has 0 saturated carbocycles. The van der Waals surface area contributed by atoms with Crippen LogP contribution in [0.1, 0.15) is 6.42 Å². The number of hydrogen-bond donors (Lipinski definition) is 0. The molecule has 0 aromatic carbocycles. The number of nitrogens with zero attached hydrogens (tertiary/aromatic N) is 4. The van der Waals surface area contributed by atoms with Gasteiger partial charge in [-0.1, -0.05) is 11.6 Å². The van der Waals surface area contributed by atoms with Gasteiger partial charge in [0.25, 0.3) is 5.69 Å². The summed E-state index contributed by atoms with van der Waals surface area (Å²) in [6.07, 6.45) is -3.86. The van der Waals surface area contributed by atoms with Crippen LogP contribution in [0.4, 0.5) is 24.7 Å². The van der Waals surface area contributed by atoms with Crippen molar-refractivity contribution in [3.63, 3.8) is 0 Å². The van der Waals surface area contributed by atoms with Crippen molar-refractivity contribution in [2.75, 3.05) is 37.6 Å². The molecule has 6 nitrogen and oxygen atoms in total. The Labute approximate surface area is 129 Å². The van der Waals surface area contributed by atoms with E-state index in [9.17, 15) is 23.3 Å². The first-order valence-corrected chi connectivity index (χ1v) is 6.98. The Bertz CT molecular complexity index is 548. The summed E-state index contributed by atoms with van der Waals surface area (Å²) < 4.78 is 36.6. The third kappa shape index (κ3) is 4.44. The van der Waals surface area contributed by atoms with Gasteiger partial charge in [0.1, 0.15) is 12.0 Å². The average Bonchev–Trinajstić information content (AvgIpc) is 2.45. The molecule has 122 valence electrons. The second-order valence-electron chi connectivity index (χ2n) is 4.95. The van der Waals surface area contributed by atoms with Crippen molar-refractivity contribution < 1.29 is 18.1 Å². The van der Waals surface area contributed by atoms with Gasteiger partial charge in [-0.15, -0.1) is 0 Å². The standard InChI is InChI=1S/C12H14ClF3N4O2/c13-10-7-9(20(21)22)8-17-11(10)19-5-3-18(4-6-19)2-1-12(14,15)16/h7-8H,1-6H2. The SMILES string of the molecule is O=[N+]([O-])c1cnc(N2CCN(CCC(F)(F)F)CC2)c(Cl)c1. The topological polar surface area (TPSA) is 62.5 Å². The maximum absolute atomic E-state index is 12.2. The minimum atomic E-state index is -4.15. The van der Waals surface area contributed by atoms with Crippen LogP contribution in [0.25, 0.3) is 0 Å². The molecule has 2 heterocycles. The molecule has 1 saturated heterocycles. The van der Waals surface area contributed by atoms with E-state index in [2.05, 4.69) is 4.98 Å². The van der Waals surface area contributed by atoms with Crippen molar-refractivity contribution in [2.24, 2.45) is 0 Å². The quantitative estimate of drug-likeness (QED) is 0.624. The molecule has 1 aliphatic heterocycles. The maximum Gasteiger partial charge on any atom is 0.390 e. The van der Waals surface area contributed by atoms with Crippen molar-refractivity contribution in [1.29, 1.82) is 0 Å². The van der Waals surface area contributed by atoms with Crippen LogP contribution in [-0.4, -0.2) is 53.7 Å². The number of halogens is 4. The van der Waals surface area contributed by atoms with Crippen molar-refractivity contribution in [1.82, 2.24) is 9.88 Å². The lowest BCUT2D eigenvalue weighted by Crippen LogP contribution is -2.47. The highest BCUT2D eigenvalue weighted by Crippen LogP contribution is 2.28. The number of anilines is 1. The summed E-state index contributed by atoms with van der Waals surface area (Å²) in [5, 5.41) is 10.8. The zero-order valence-electron chi connectivity index (χ0n) is 11.5. The molecular formula is C12H14ClF3N4O2. The number of nitro groups is 1. The van der Waals surface area contributed by atoms with E-state index in [1.165, 1.54) is 6.07 Å². The predicted molar refractivity (Wildman–Crippen MR) is 75.2 cm³/mol. The Kier molecular flexibility index (Phi) is 5.07. The highest BCUT2D eigenvalue weighted by molar-refractivity contribution is 6.33. The molecule has 0 bridgehead atoms. The molecule has 0 unspecified atom stereocenters. The second-order valence-corrected chi connectivity index (χ2v) is 5.36. The van der Waals surface area contributed by atoms with Gasteiger partial charge >= 0.3 is 6.18 Å². The molecular weight excluding hydrogens is 325 g/mol. The third-order valence-electron chi connectivity index (χ3n) is 3.40. The van der Waals surface area contributed by atoms with Crippen molar-refractivity contribution in [3.05, 3.63) is 27.4 Å². The summed E-state index contributed by atoms with van der Waals surface area (Å²) in [6.45, 7) is 1.85. The Morgan fingerprint density at radius 3 is 2.45 bits per heavy atom. The van der Waals surface area contributed by atoms with E-state index in [-0.39, 0.29) is 17.3 Å². The van der Waals surface area contributed by atoms with Crippen LogP contribution in [0.2, 0.25) is 5.02 Å². The molecule has 1 aliphatic rings. The summed E-state index contributed by atoms with van der Waals surface area (Å²) in [7, 11) is 0. The molecule has 1 aromatic heterocycles. The third-order valence-corrected chi connectivity index (χ3v) is 3.68. The lowest BCUT2D eigenvalue weighted by molar-refractivity contribution is -0.385. The largest absolute Gasteiger partial charge is 0.390 e. The maximum atomic E-state index is 12.2. The predicted octanol–water partition coefficient (Wildman–Crippen LogP) is 2.72. The molecule has 2 rings (SSSR count). The summed E-state index contributed by atoms with van der Waals surface area (Å²) in [5.74, 6) is 0.419. The molecule has 1 aromatic rings. The van der Waals surface area contributed by atoms with Crippen molar-refractivity contribution in [2.45, 2.75) is 12.6 Å². The van der Waals surface area contributed by atoms with Crippen LogP contribution in [0.5, 0.6) is 0 Å². The Balaban J connectivity index is 1.93. The van der Waals surface area contributed by atoms with Gasteiger partial charge in [-0.3, -0.25) is 15.0 Å². The van der Waals surface area contributed by atoms with E-state index in [1.54, 1.807) is 4.90 Å². The van der Waals surface area contributed by atoms with Crippen molar-refractivity contribution in [3.8, 4) is 0 Å². The molecule has 0 atom stereocenters. The zero-order chi connectivity index (χ0) is 16.3. The van der Waals surface area contributed by atoms with Crippen LogP contribution in [0, 0.1) is 10.1 Å². The Morgan fingerprint density at radius 1 is 1.32 bits per heavy atom. The fraction of sp³-hybridized carbons (Fsp3) is 0.583. The van der Waals surface area contributed by atoms with E-state index < -0.39 is 17.5 Å². The summed E-state index contributed by atoms with van der Waals surface area (Å²) in [4.78, 5) is 17.6. The number of hydrogen-bond acceptors (Lipinski definition) is 5. The van der Waals surface area contributed by atoms with E-state index in [0.717, 1.165) is 6.20 Å². The Hall–Kier alpha value is -1.61. The first kappa shape index (κ1) is 16.8. The lowest BCUT2D eigenvalue weighted by atomic mass is 10.2. The molecule has 0 spiro atoms. The number of rotatable bonds is 4. The smallest absolute Gasteiger partial charge is 0.353 e. The van der Waals surface area contributed by atoms with Gasteiger partial charge in [-0.2, -0.15) is 13.2 Å². The Morgan fingerprint density at radius 2 is 1.95 bits per heavy atom. The number of aromatic nitrogens is 1. The first-order chi connectivity index (χ1) is 10.3. The van der Waals surface area contributed by atoms with Crippen LogP contribution in [0.3, 0.4) is 0 Å². The number of pyridine rings is 1. The van der Waals surface area contributed by atoms with Gasteiger partial charge in [0.15, 0.2) is 0 Å². The number of alkyl halides is 3. The highest BCUT2D eigenvalue weighted by atomic mass is 35.5. The summed E-state index contributed by atoms with van der Waals surface area (Å²) >= 11 is 5.99. The van der Waals surface area contributed by atoms with Gasteiger partial charge in [0.05, 0.1) is 16.4 Å². The summed E-state index contributed by atoms with van der Waals surface area (Å²) in [5.41, 5.74) is -0.197. The van der Waals surface area contributed by atoms with Crippen LogP contribution >= 0.6 is 11.6 Å². The molecule has 0 amide bonds. The van der Waals surface area contributed by atoms with Crippen molar-refractivity contribution >= 4 is 23.1 Å². The molecule has 22 heavy (non-hydrogen) atoms. The number of piperazine rings is 1. The monoisotopic (exact) mass is 338 g/mol. The second kappa shape index (κ2) is 6.66. The minimum Gasteiger partial charge on any atom is -0.353 e. The molecule has 0 radical (unpaired) electrons. The van der Waals surface area contributed by atoms with E-state index in [0.29, 0.717) is 32.0 Å². The van der Waals surface area contributed by atoms with E-state index in [4.69, 9.17) is 11.6 Å². The zero-order valence-corrected chi connectivity index (χ0v) is 12.3. The molecule has 0 aliphatic carbocycles. The van der Waals surface area contributed by atoms with Gasteiger partial charge in [-0.05, 0) is 0 Å². The normalized spacial score (nSPS) is 16.8. The van der Waals surface area contributed by atoms with E-state index >= 15 is 0 Å². The van der Waals surface area contributed by atoms with Gasteiger partial charge in [0, 0.05) is 38.8 Å². The lowest BCUT2D eigenvalue weighted by Gasteiger charge is -2.35. The molecule has 0 N–H and O–H groups in total. The van der Waals surface area contributed by atoms with Crippen LogP contribution in [0.15, 0.2) is 12.3 Å². The fourth-order valence-electron chi connectivity index (χ4n) is 2.22. The van der Waals surface area contributed by atoms with E-state index in [1.807, 2.05) is 4.90 Å². The molecule has 1 fully saturated rings. The van der Waals surface area contributed by atoms with Crippen LogP contribution in [-0.2, 0) is 0 Å². The minimum absolute atomic E-state index is 0.0290. The van der Waals surface area contributed by atoms with Gasteiger partial charge in [0.2, 0.25) is 0 Å². The first-order valence-electron chi connectivity index (χ1n) is 6.60. The van der Waals surface area contributed by atoms with Gasteiger partial charge in [-0.25, -0.2) is 4.98 Å². The highest BCUT2D eigenvalue weighted by Gasteiger charge is 2.29. The summed E-state index contributed by atoms with van der Waals surface area (Å²) in [6, 6.07) is 1.22. The average molecular weight is 339 g/mol.